The minimum atomic E-state index is -0.523. The molecule has 0 bridgehead atoms. The summed E-state index contributed by atoms with van der Waals surface area (Å²) in [5.74, 6) is 0.794. The van der Waals surface area contributed by atoms with Crippen LogP contribution in [0.15, 0.2) is 18.2 Å². The molecule has 9 heteroatoms. The van der Waals surface area contributed by atoms with Gasteiger partial charge in [0.1, 0.15) is 5.00 Å². The number of nitrogens with two attached hydrogens (primary N) is 1. The van der Waals surface area contributed by atoms with Gasteiger partial charge in [-0.1, -0.05) is 13.0 Å². The molecule has 1 aliphatic rings. The number of rotatable bonds is 10. The standard InChI is InChI=1S/C24H31N3O5S/c1-14-4-6-16-19(12-14)33-24(22(16)23(25)30)27-21(29)9-8-20(28)26-11-10-15-5-7-17(31-2)18(13-15)32-3/h5,7,13-14H,4,6,8-12H2,1-3H3,(H2,25,30)(H,26,28)(H,27,29)/t14-/m1/s1. The van der Waals surface area contributed by atoms with Crippen LogP contribution < -0.4 is 25.8 Å². The van der Waals surface area contributed by atoms with E-state index >= 15 is 0 Å². The lowest BCUT2D eigenvalue weighted by molar-refractivity contribution is -0.124. The Labute approximate surface area is 197 Å². The van der Waals surface area contributed by atoms with Gasteiger partial charge < -0.3 is 25.8 Å². The maximum atomic E-state index is 12.4. The molecule has 1 aromatic heterocycles. The van der Waals surface area contributed by atoms with Crippen LogP contribution in [0.1, 0.15) is 52.5 Å². The highest BCUT2D eigenvalue weighted by atomic mass is 32.1. The molecule has 0 spiro atoms. The summed E-state index contributed by atoms with van der Waals surface area (Å²) in [6, 6.07) is 5.61. The molecule has 33 heavy (non-hydrogen) atoms. The van der Waals surface area contributed by atoms with Crippen LogP contribution in [0.3, 0.4) is 0 Å². The van der Waals surface area contributed by atoms with Crippen molar-refractivity contribution in [2.75, 3.05) is 26.1 Å². The number of nitrogens with one attached hydrogen (secondary N) is 2. The number of hydrogen-bond donors (Lipinski definition) is 3. The van der Waals surface area contributed by atoms with Crippen molar-refractivity contribution in [2.45, 2.75) is 45.4 Å². The third kappa shape index (κ3) is 6.25. The first-order valence-electron chi connectivity index (χ1n) is 11.0. The molecule has 8 nitrogen and oxygen atoms in total. The molecule has 4 N–H and O–H groups in total. The summed E-state index contributed by atoms with van der Waals surface area (Å²) in [6.07, 6.45) is 3.40. The normalized spacial score (nSPS) is 14.8. The van der Waals surface area contributed by atoms with Crippen LogP contribution in [0.25, 0.3) is 0 Å². The van der Waals surface area contributed by atoms with Crippen LogP contribution in [-0.4, -0.2) is 38.5 Å². The lowest BCUT2D eigenvalue weighted by Crippen LogP contribution is -2.27. The van der Waals surface area contributed by atoms with Crippen LogP contribution in [0.4, 0.5) is 5.00 Å². The van der Waals surface area contributed by atoms with E-state index in [9.17, 15) is 14.4 Å². The smallest absolute Gasteiger partial charge is 0.251 e. The Morgan fingerprint density at radius 2 is 1.85 bits per heavy atom. The lowest BCUT2D eigenvalue weighted by atomic mass is 9.88. The Balaban J connectivity index is 1.47. The highest BCUT2D eigenvalue weighted by molar-refractivity contribution is 7.17. The van der Waals surface area contributed by atoms with Gasteiger partial charge in [0, 0.05) is 24.3 Å². The number of methoxy groups -OCH3 is 2. The van der Waals surface area contributed by atoms with Gasteiger partial charge in [-0.3, -0.25) is 14.4 Å². The maximum absolute atomic E-state index is 12.4. The summed E-state index contributed by atoms with van der Waals surface area (Å²) >= 11 is 1.42. The molecule has 2 aromatic rings. The minimum Gasteiger partial charge on any atom is -0.493 e. The molecule has 0 aliphatic heterocycles. The Morgan fingerprint density at radius 1 is 1.12 bits per heavy atom. The zero-order valence-corrected chi connectivity index (χ0v) is 20.1. The van der Waals surface area contributed by atoms with Crippen molar-refractivity contribution in [3.8, 4) is 11.5 Å². The van der Waals surface area contributed by atoms with Crippen molar-refractivity contribution in [3.05, 3.63) is 39.8 Å². The highest BCUT2D eigenvalue weighted by Crippen LogP contribution is 2.39. The summed E-state index contributed by atoms with van der Waals surface area (Å²) in [6.45, 7) is 2.62. The largest absolute Gasteiger partial charge is 0.493 e. The van der Waals surface area contributed by atoms with Crippen molar-refractivity contribution in [3.63, 3.8) is 0 Å². The van der Waals surface area contributed by atoms with E-state index in [0.29, 0.717) is 40.9 Å². The summed E-state index contributed by atoms with van der Waals surface area (Å²) < 4.78 is 10.5. The zero-order chi connectivity index (χ0) is 24.0. The molecular weight excluding hydrogens is 442 g/mol. The second-order valence-electron chi connectivity index (χ2n) is 8.26. The topological polar surface area (TPSA) is 120 Å². The van der Waals surface area contributed by atoms with Crippen LogP contribution in [0.5, 0.6) is 11.5 Å². The minimum absolute atomic E-state index is 0.0271. The van der Waals surface area contributed by atoms with Gasteiger partial charge in [0.25, 0.3) is 5.91 Å². The van der Waals surface area contributed by atoms with Gasteiger partial charge in [0.05, 0.1) is 19.8 Å². The predicted octanol–water partition coefficient (Wildman–Crippen LogP) is 3.07. The zero-order valence-electron chi connectivity index (χ0n) is 19.3. The summed E-state index contributed by atoms with van der Waals surface area (Å²) in [5, 5.41) is 6.13. The van der Waals surface area contributed by atoms with E-state index in [1.54, 1.807) is 14.2 Å². The SMILES string of the molecule is COc1ccc(CCNC(=O)CCC(=O)Nc2sc3c(c2C(N)=O)CC[C@@H](C)C3)cc1OC. The molecule has 3 amide bonds. The third-order valence-electron chi connectivity index (χ3n) is 5.77. The lowest BCUT2D eigenvalue weighted by Gasteiger charge is -2.18. The van der Waals surface area contributed by atoms with Crippen LogP contribution in [-0.2, 0) is 28.9 Å². The number of fused-ring (bicyclic) bond motifs is 1. The molecule has 1 aromatic carbocycles. The number of thiophene rings is 1. The van der Waals surface area contributed by atoms with E-state index in [0.717, 1.165) is 35.3 Å². The molecule has 0 saturated carbocycles. The first-order valence-corrected chi connectivity index (χ1v) is 11.9. The average Bonchev–Trinajstić information content (AvgIpc) is 3.14. The number of primary amides is 1. The Bertz CT molecular complexity index is 1030. The average molecular weight is 474 g/mol. The van der Waals surface area contributed by atoms with Gasteiger partial charge in [0.2, 0.25) is 11.8 Å². The van der Waals surface area contributed by atoms with E-state index in [1.165, 1.54) is 11.3 Å². The quantitative estimate of drug-likeness (QED) is 0.490. The molecular formula is C24H31N3O5S. The van der Waals surface area contributed by atoms with E-state index in [4.69, 9.17) is 15.2 Å². The number of carbonyl (C=O) groups is 3. The van der Waals surface area contributed by atoms with E-state index < -0.39 is 5.91 Å². The molecule has 1 heterocycles. The molecule has 1 atom stereocenters. The van der Waals surface area contributed by atoms with E-state index in [1.807, 2.05) is 18.2 Å². The molecule has 0 saturated heterocycles. The van der Waals surface area contributed by atoms with Gasteiger partial charge in [-0.25, -0.2) is 0 Å². The number of benzene rings is 1. The van der Waals surface area contributed by atoms with Gasteiger partial charge >= 0.3 is 0 Å². The van der Waals surface area contributed by atoms with E-state index in [-0.39, 0.29) is 24.7 Å². The number of amides is 3. The molecule has 0 fully saturated rings. The molecule has 178 valence electrons. The van der Waals surface area contributed by atoms with Crippen molar-refractivity contribution in [2.24, 2.45) is 11.7 Å². The van der Waals surface area contributed by atoms with Crippen LogP contribution >= 0.6 is 11.3 Å². The summed E-state index contributed by atoms with van der Waals surface area (Å²) in [7, 11) is 3.16. The Morgan fingerprint density at radius 3 is 2.55 bits per heavy atom. The van der Waals surface area contributed by atoms with Gasteiger partial charge in [0.15, 0.2) is 11.5 Å². The third-order valence-corrected chi connectivity index (χ3v) is 6.94. The summed E-state index contributed by atoms with van der Waals surface area (Å²) in [5.41, 5.74) is 7.98. The Hall–Kier alpha value is -3.07. The van der Waals surface area contributed by atoms with Crippen molar-refractivity contribution < 1.29 is 23.9 Å². The number of ether oxygens (including phenoxy) is 2. The van der Waals surface area contributed by atoms with Crippen molar-refractivity contribution in [1.82, 2.24) is 5.32 Å². The number of carbonyl (C=O) groups excluding carboxylic acids is 3. The number of anilines is 1. The van der Waals surface area contributed by atoms with Gasteiger partial charge in [-0.2, -0.15) is 0 Å². The van der Waals surface area contributed by atoms with Crippen molar-refractivity contribution >= 4 is 34.1 Å². The molecule has 0 radical (unpaired) electrons. The first kappa shape index (κ1) is 24.6. The molecule has 1 aliphatic carbocycles. The summed E-state index contributed by atoms with van der Waals surface area (Å²) in [4.78, 5) is 37.7. The van der Waals surface area contributed by atoms with Crippen molar-refractivity contribution in [1.29, 1.82) is 0 Å². The fourth-order valence-corrected chi connectivity index (χ4v) is 5.42. The highest BCUT2D eigenvalue weighted by Gasteiger charge is 2.27. The fourth-order valence-electron chi connectivity index (χ4n) is 3.99. The van der Waals surface area contributed by atoms with Gasteiger partial charge in [-0.15, -0.1) is 11.3 Å². The maximum Gasteiger partial charge on any atom is 0.251 e. The molecule has 0 unspecified atom stereocenters. The second kappa shape index (κ2) is 11.2. The van der Waals surface area contributed by atoms with Crippen LogP contribution in [0, 0.1) is 5.92 Å². The molecule has 3 rings (SSSR count). The predicted molar refractivity (Wildman–Crippen MR) is 128 cm³/mol. The monoisotopic (exact) mass is 473 g/mol. The van der Waals surface area contributed by atoms with Gasteiger partial charge in [-0.05, 0) is 54.9 Å². The second-order valence-corrected chi connectivity index (χ2v) is 9.36. The fraction of sp³-hybridized carbons (Fsp3) is 0.458. The first-order chi connectivity index (χ1) is 15.8. The van der Waals surface area contributed by atoms with E-state index in [2.05, 4.69) is 17.6 Å². The van der Waals surface area contributed by atoms with Crippen LogP contribution in [0.2, 0.25) is 0 Å². The number of hydrogen-bond acceptors (Lipinski definition) is 6. The Kier molecular flexibility index (Phi) is 8.32.